The van der Waals surface area contributed by atoms with Crippen LogP contribution in [0.3, 0.4) is 0 Å². The van der Waals surface area contributed by atoms with Crippen molar-refractivity contribution in [3.05, 3.63) is 48.0 Å². The Morgan fingerprint density at radius 3 is 1.95 bits per heavy atom. The maximum absolute atomic E-state index is 5.75. The molecule has 0 unspecified atom stereocenters. The van der Waals surface area contributed by atoms with Crippen LogP contribution in [-0.2, 0) is 15.4 Å². The molecule has 0 bridgehead atoms. The molecule has 0 radical (unpaired) electrons. The van der Waals surface area contributed by atoms with E-state index in [0.29, 0.717) is 0 Å². The van der Waals surface area contributed by atoms with Gasteiger partial charge in [0.25, 0.3) is 0 Å². The van der Waals surface area contributed by atoms with Gasteiger partial charge in [0.2, 0.25) is 0 Å². The van der Waals surface area contributed by atoms with E-state index in [4.69, 9.17) is 9.78 Å². The van der Waals surface area contributed by atoms with Gasteiger partial charge in [0.15, 0.2) is 0 Å². The molecule has 0 amide bonds. The summed E-state index contributed by atoms with van der Waals surface area (Å²) in [5.41, 5.74) is 4.51. The number of hydrogen-bond acceptors (Lipinski definition) is 2. The first-order valence-corrected chi connectivity index (χ1v) is 7.83. The van der Waals surface area contributed by atoms with Crippen molar-refractivity contribution in [1.82, 2.24) is 0 Å². The lowest BCUT2D eigenvalue weighted by atomic mass is 9.90. The summed E-state index contributed by atoms with van der Waals surface area (Å²) in [5, 5.41) is 0. The molecule has 0 spiro atoms. The molecule has 0 aliphatic carbocycles. The molecule has 0 saturated heterocycles. The summed E-state index contributed by atoms with van der Waals surface area (Å²) >= 11 is 0. The van der Waals surface area contributed by atoms with E-state index in [-0.39, 0.29) is 5.60 Å². The fourth-order valence-corrected chi connectivity index (χ4v) is 1.97. The number of hydrogen-bond donors (Lipinski definition) is 0. The van der Waals surface area contributed by atoms with Gasteiger partial charge in [-0.3, -0.25) is 0 Å². The maximum atomic E-state index is 5.75. The van der Waals surface area contributed by atoms with Crippen molar-refractivity contribution in [3.63, 3.8) is 0 Å². The zero-order valence-electron chi connectivity index (χ0n) is 15.2. The van der Waals surface area contributed by atoms with Crippen molar-refractivity contribution in [3.8, 4) is 0 Å². The van der Waals surface area contributed by atoms with Crippen LogP contribution >= 0.6 is 0 Å². The third kappa shape index (κ3) is 4.56. The van der Waals surface area contributed by atoms with Gasteiger partial charge < -0.3 is 0 Å². The van der Waals surface area contributed by atoms with Gasteiger partial charge in [-0.1, -0.05) is 43.4 Å². The lowest BCUT2D eigenvalue weighted by Crippen LogP contribution is -2.30. The normalized spacial score (nSPS) is 12.3. The molecule has 0 aliphatic heterocycles. The monoisotopic (exact) mass is 302 g/mol. The van der Waals surface area contributed by atoms with Gasteiger partial charge in [-0.25, -0.2) is 9.78 Å². The van der Waals surface area contributed by atoms with Crippen LogP contribution in [0.1, 0.15) is 71.6 Å². The second-order valence-electron chi connectivity index (χ2n) is 7.11. The van der Waals surface area contributed by atoms with Crippen molar-refractivity contribution in [2.45, 2.75) is 66.1 Å². The Bertz CT molecular complexity index is 565. The van der Waals surface area contributed by atoms with Crippen LogP contribution in [0.2, 0.25) is 0 Å². The fraction of sp³-hybridized carbons (Fsp3) is 0.500. The topological polar surface area (TPSA) is 18.5 Å². The summed E-state index contributed by atoms with van der Waals surface area (Å²) in [6, 6.07) is 6.27. The number of rotatable bonds is 7. The molecule has 0 heterocycles. The highest BCUT2D eigenvalue weighted by Crippen LogP contribution is 2.32. The second-order valence-corrected chi connectivity index (χ2v) is 7.11. The van der Waals surface area contributed by atoms with Gasteiger partial charge in [0.05, 0.1) is 5.60 Å². The van der Waals surface area contributed by atoms with Crippen molar-refractivity contribution in [2.75, 3.05) is 0 Å². The minimum Gasteiger partial charge on any atom is -0.230 e. The summed E-state index contributed by atoms with van der Waals surface area (Å²) in [5.74, 6) is 0. The van der Waals surface area contributed by atoms with Gasteiger partial charge in [-0.2, -0.15) is 0 Å². The Kier molecular flexibility index (Phi) is 5.77. The summed E-state index contributed by atoms with van der Waals surface area (Å²) in [4.78, 5) is 11.4. The first-order chi connectivity index (χ1) is 10.00. The van der Waals surface area contributed by atoms with Gasteiger partial charge in [-0.15, -0.1) is 0 Å². The van der Waals surface area contributed by atoms with E-state index in [0.717, 1.165) is 34.3 Å². The lowest BCUT2D eigenvalue weighted by Gasteiger charge is -2.31. The predicted molar refractivity (Wildman–Crippen MR) is 95.4 cm³/mol. The van der Waals surface area contributed by atoms with Gasteiger partial charge in [0.1, 0.15) is 5.60 Å². The molecule has 0 aromatic heterocycles. The highest BCUT2D eigenvalue weighted by atomic mass is 17.2. The average molecular weight is 302 g/mol. The Labute approximate surface area is 135 Å². The van der Waals surface area contributed by atoms with Crippen molar-refractivity contribution < 1.29 is 9.78 Å². The van der Waals surface area contributed by atoms with Crippen molar-refractivity contribution >= 4 is 11.1 Å². The molecule has 0 aliphatic rings. The number of allylic oxidation sites excluding steroid dienone is 2. The Balaban J connectivity index is 3.12. The zero-order valence-corrected chi connectivity index (χ0v) is 15.2. The van der Waals surface area contributed by atoms with Gasteiger partial charge in [-0.05, 0) is 70.7 Å². The molecule has 0 N–H and O–H groups in total. The van der Waals surface area contributed by atoms with E-state index in [2.05, 4.69) is 38.3 Å². The third-order valence-corrected chi connectivity index (χ3v) is 3.96. The maximum Gasteiger partial charge on any atom is 0.123 e. The van der Waals surface area contributed by atoms with E-state index in [9.17, 15) is 0 Å². The Morgan fingerprint density at radius 2 is 1.50 bits per heavy atom. The van der Waals surface area contributed by atoms with Crippen molar-refractivity contribution in [2.24, 2.45) is 0 Å². The molecule has 22 heavy (non-hydrogen) atoms. The van der Waals surface area contributed by atoms with E-state index >= 15 is 0 Å². The Morgan fingerprint density at radius 1 is 0.955 bits per heavy atom. The molecule has 1 aromatic carbocycles. The molecule has 1 aromatic rings. The molecule has 0 fully saturated rings. The van der Waals surface area contributed by atoms with Crippen LogP contribution in [0.25, 0.3) is 11.1 Å². The van der Waals surface area contributed by atoms with Gasteiger partial charge in [0, 0.05) is 0 Å². The first kappa shape index (κ1) is 18.7. The standard InChI is InChI=1S/C20H30O2/c1-10-19(6,7)21-22-20(8,9)16-11-12-17(14(2)3)18(13-16)15(4)5/h11-13H,2,4,10H2,1,3,5-9H3. The SMILES string of the molecule is C=C(C)c1ccc(C(C)(C)OOC(C)(C)CC)cc1C(=C)C. The molecule has 1 rings (SSSR count). The van der Waals surface area contributed by atoms with Crippen LogP contribution in [-0.4, -0.2) is 5.60 Å². The highest BCUT2D eigenvalue weighted by Gasteiger charge is 2.28. The lowest BCUT2D eigenvalue weighted by molar-refractivity contribution is -0.405. The van der Waals surface area contributed by atoms with Crippen LogP contribution in [0.15, 0.2) is 31.4 Å². The third-order valence-electron chi connectivity index (χ3n) is 3.96. The minimum atomic E-state index is -0.537. The summed E-state index contributed by atoms with van der Waals surface area (Å²) in [7, 11) is 0. The smallest absolute Gasteiger partial charge is 0.123 e. The summed E-state index contributed by atoms with van der Waals surface area (Å²) < 4.78 is 0. The molecule has 122 valence electrons. The molecule has 0 saturated carbocycles. The van der Waals surface area contributed by atoms with E-state index in [1.165, 1.54) is 0 Å². The molecule has 2 nitrogen and oxygen atoms in total. The quantitative estimate of drug-likeness (QED) is 0.446. The average Bonchev–Trinajstić information content (AvgIpc) is 2.44. The van der Waals surface area contributed by atoms with Crippen molar-refractivity contribution in [1.29, 1.82) is 0 Å². The largest absolute Gasteiger partial charge is 0.230 e. The first-order valence-electron chi connectivity index (χ1n) is 7.83. The fourth-order valence-electron chi connectivity index (χ4n) is 1.97. The van der Waals surface area contributed by atoms with E-state index in [1.54, 1.807) is 0 Å². The molecular weight excluding hydrogens is 272 g/mol. The van der Waals surface area contributed by atoms with E-state index in [1.807, 2.05) is 41.5 Å². The van der Waals surface area contributed by atoms with Crippen LogP contribution in [0.4, 0.5) is 0 Å². The minimum absolute atomic E-state index is 0.300. The highest BCUT2D eigenvalue weighted by molar-refractivity contribution is 5.77. The van der Waals surface area contributed by atoms with Gasteiger partial charge >= 0.3 is 0 Å². The van der Waals surface area contributed by atoms with Crippen LogP contribution in [0.5, 0.6) is 0 Å². The zero-order chi connectivity index (χ0) is 17.1. The Hall–Kier alpha value is -1.38. The second kappa shape index (κ2) is 6.80. The summed E-state index contributed by atoms with van der Waals surface area (Å²) in [6.07, 6.45) is 0.884. The molecular formula is C20H30O2. The van der Waals surface area contributed by atoms with E-state index < -0.39 is 5.60 Å². The molecule has 0 atom stereocenters. The van der Waals surface area contributed by atoms with Crippen LogP contribution in [0, 0.1) is 0 Å². The van der Waals surface area contributed by atoms with Crippen LogP contribution < -0.4 is 0 Å². The molecule has 2 heteroatoms. The predicted octanol–water partition coefficient (Wildman–Crippen LogP) is 6.12. The number of benzene rings is 1. The summed E-state index contributed by atoms with van der Waals surface area (Å²) in [6.45, 7) is 22.3.